The van der Waals surface area contributed by atoms with E-state index in [4.69, 9.17) is 9.52 Å². The Morgan fingerprint density at radius 2 is 2.04 bits per heavy atom. The maximum absolute atomic E-state index is 12.0. The van der Waals surface area contributed by atoms with Gasteiger partial charge in [-0.15, -0.1) is 0 Å². The van der Waals surface area contributed by atoms with Gasteiger partial charge in [-0.25, -0.2) is 0 Å². The summed E-state index contributed by atoms with van der Waals surface area (Å²) < 4.78 is 5.72. The second-order valence-electron chi connectivity index (χ2n) is 8.12. The lowest BCUT2D eigenvalue weighted by Crippen LogP contribution is -2.52. The van der Waals surface area contributed by atoms with Crippen molar-refractivity contribution in [2.75, 3.05) is 32.7 Å². The average molecular weight is 362 g/mol. The van der Waals surface area contributed by atoms with Crippen molar-refractivity contribution in [2.24, 2.45) is 5.41 Å². The van der Waals surface area contributed by atoms with E-state index in [9.17, 15) is 9.59 Å². The summed E-state index contributed by atoms with van der Waals surface area (Å²) in [6, 6.07) is 4.09. The first kappa shape index (κ1) is 19.0. The molecule has 1 aromatic rings. The molecule has 2 aliphatic rings. The van der Waals surface area contributed by atoms with Crippen LogP contribution in [0.25, 0.3) is 0 Å². The van der Waals surface area contributed by atoms with Crippen molar-refractivity contribution in [3.8, 4) is 0 Å². The van der Waals surface area contributed by atoms with Crippen LogP contribution in [0.4, 0.5) is 0 Å². The molecule has 144 valence electrons. The highest BCUT2D eigenvalue weighted by Crippen LogP contribution is 2.40. The maximum Gasteiger partial charge on any atom is 0.323 e. The lowest BCUT2D eigenvalue weighted by molar-refractivity contribution is -0.149. The minimum Gasteiger partial charge on any atom is -0.480 e. The lowest BCUT2D eigenvalue weighted by Gasteiger charge is -2.47. The van der Waals surface area contributed by atoms with E-state index in [0.717, 1.165) is 56.8 Å². The van der Waals surface area contributed by atoms with Gasteiger partial charge < -0.3 is 19.3 Å². The maximum atomic E-state index is 12.0. The van der Waals surface area contributed by atoms with E-state index in [0.29, 0.717) is 18.9 Å². The van der Waals surface area contributed by atoms with E-state index < -0.39 is 5.97 Å². The van der Waals surface area contributed by atoms with Gasteiger partial charge in [0.2, 0.25) is 5.91 Å². The first-order valence-corrected chi connectivity index (χ1v) is 9.65. The summed E-state index contributed by atoms with van der Waals surface area (Å²) in [6.07, 6.45) is 4.55. The van der Waals surface area contributed by atoms with Crippen molar-refractivity contribution in [2.45, 2.75) is 51.9 Å². The fraction of sp³-hybridized carbons (Fsp3) is 0.700. The third-order valence-electron chi connectivity index (χ3n) is 6.12. The van der Waals surface area contributed by atoms with Crippen molar-refractivity contribution in [1.82, 2.24) is 9.80 Å². The minimum atomic E-state index is -0.921. The topological polar surface area (TPSA) is 74.0 Å². The molecular formula is C20H30N2O4. The quantitative estimate of drug-likeness (QED) is 0.842. The van der Waals surface area contributed by atoms with Crippen LogP contribution in [0.2, 0.25) is 0 Å². The number of aliphatic carboxylic acids is 1. The Kier molecular flexibility index (Phi) is 5.70. The van der Waals surface area contributed by atoms with Crippen molar-refractivity contribution >= 4 is 11.9 Å². The summed E-state index contributed by atoms with van der Waals surface area (Å²) in [5.41, 5.74) is 0.115. The fourth-order valence-corrected chi connectivity index (χ4v) is 4.31. The second kappa shape index (κ2) is 7.82. The Hall–Kier alpha value is -1.82. The van der Waals surface area contributed by atoms with Crippen molar-refractivity contribution in [3.05, 3.63) is 23.7 Å². The highest BCUT2D eigenvalue weighted by molar-refractivity contribution is 5.82. The molecule has 1 atom stereocenters. The van der Waals surface area contributed by atoms with Crippen LogP contribution in [-0.2, 0) is 9.59 Å². The number of nitrogens with zero attached hydrogens (tertiary/aromatic N) is 2. The van der Waals surface area contributed by atoms with E-state index >= 15 is 0 Å². The predicted octanol–water partition coefficient (Wildman–Crippen LogP) is 2.87. The summed E-state index contributed by atoms with van der Waals surface area (Å²) in [7, 11) is 0. The minimum absolute atomic E-state index is 0.0111. The zero-order valence-corrected chi connectivity index (χ0v) is 15.9. The molecule has 1 N–H and O–H groups in total. The molecule has 6 nitrogen and oxygen atoms in total. The number of carbonyl (C=O) groups excluding carboxylic acids is 1. The number of hydrogen-bond acceptors (Lipinski definition) is 4. The number of rotatable bonds is 6. The molecule has 1 aromatic heterocycles. The van der Waals surface area contributed by atoms with Crippen LogP contribution in [0, 0.1) is 12.3 Å². The Labute approximate surface area is 155 Å². The summed E-state index contributed by atoms with van der Waals surface area (Å²) in [6.45, 7) is 7.73. The smallest absolute Gasteiger partial charge is 0.323 e. The number of carbonyl (C=O) groups is 2. The third-order valence-corrected chi connectivity index (χ3v) is 6.12. The van der Waals surface area contributed by atoms with Gasteiger partial charge in [-0.05, 0) is 69.8 Å². The van der Waals surface area contributed by atoms with Crippen LogP contribution in [0.1, 0.15) is 56.5 Å². The van der Waals surface area contributed by atoms with Crippen molar-refractivity contribution in [3.63, 3.8) is 0 Å². The van der Waals surface area contributed by atoms with Gasteiger partial charge in [0, 0.05) is 18.9 Å². The molecule has 0 aliphatic carbocycles. The first-order chi connectivity index (χ1) is 12.4. The van der Waals surface area contributed by atoms with Crippen LogP contribution >= 0.6 is 0 Å². The molecule has 0 saturated carbocycles. The van der Waals surface area contributed by atoms with E-state index in [1.54, 1.807) is 4.90 Å². The summed E-state index contributed by atoms with van der Waals surface area (Å²) in [4.78, 5) is 27.0. The molecule has 2 aliphatic heterocycles. The van der Waals surface area contributed by atoms with E-state index in [1.807, 2.05) is 13.0 Å². The molecule has 3 rings (SSSR count). The highest BCUT2D eigenvalue weighted by atomic mass is 16.4. The van der Waals surface area contributed by atoms with Crippen LogP contribution in [0.5, 0.6) is 0 Å². The molecular weight excluding hydrogens is 332 g/mol. The fourth-order valence-electron chi connectivity index (χ4n) is 4.31. The van der Waals surface area contributed by atoms with E-state index in [1.165, 1.54) is 0 Å². The van der Waals surface area contributed by atoms with E-state index in [2.05, 4.69) is 17.9 Å². The lowest BCUT2D eigenvalue weighted by atomic mass is 9.72. The number of piperidine rings is 2. The Morgan fingerprint density at radius 1 is 1.31 bits per heavy atom. The zero-order chi connectivity index (χ0) is 18.7. The van der Waals surface area contributed by atoms with E-state index in [-0.39, 0.29) is 17.9 Å². The normalized spacial score (nSPS) is 21.9. The molecule has 0 bridgehead atoms. The highest BCUT2D eigenvalue weighted by Gasteiger charge is 2.41. The Bertz CT molecular complexity index is 646. The van der Waals surface area contributed by atoms with Gasteiger partial charge in [-0.1, -0.05) is 6.92 Å². The molecule has 2 fully saturated rings. The average Bonchev–Trinajstić information content (AvgIpc) is 3.04. The van der Waals surface area contributed by atoms with Crippen molar-refractivity contribution < 1.29 is 19.1 Å². The third kappa shape index (κ3) is 4.47. The first-order valence-electron chi connectivity index (χ1n) is 9.65. The molecule has 1 amide bonds. The molecule has 6 heteroatoms. The summed E-state index contributed by atoms with van der Waals surface area (Å²) in [5, 5.41) is 9.02. The van der Waals surface area contributed by atoms with Gasteiger partial charge in [0.1, 0.15) is 18.1 Å². The van der Waals surface area contributed by atoms with Gasteiger partial charge in [0.15, 0.2) is 0 Å². The van der Waals surface area contributed by atoms with Crippen LogP contribution < -0.4 is 0 Å². The molecule has 3 heterocycles. The predicted molar refractivity (Wildman–Crippen MR) is 98.0 cm³/mol. The molecule has 0 radical (unpaired) electrons. The Balaban J connectivity index is 1.47. The van der Waals surface area contributed by atoms with Gasteiger partial charge >= 0.3 is 5.97 Å². The van der Waals surface area contributed by atoms with Crippen LogP contribution in [-0.4, -0.2) is 59.5 Å². The molecule has 1 unspecified atom stereocenters. The molecule has 1 spiro atoms. The van der Waals surface area contributed by atoms with Gasteiger partial charge in [-0.3, -0.25) is 9.59 Å². The largest absolute Gasteiger partial charge is 0.480 e. The number of furan rings is 1. The number of carboxylic acids is 1. The number of aryl methyl sites for hydroxylation is 1. The van der Waals surface area contributed by atoms with Gasteiger partial charge in [0.25, 0.3) is 0 Å². The second-order valence-corrected chi connectivity index (χ2v) is 8.12. The monoisotopic (exact) mass is 362 g/mol. The van der Waals surface area contributed by atoms with Crippen LogP contribution in [0.3, 0.4) is 0 Å². The number of carboxylic acid groups (broad SMARTS) is 1. The van der Waals surface area contributed by atoms with Gasteiger partial charge in [0.05, 0.1) is 0 Å². The SMILES string of the molecule is Cc1ccc(C(C)CCN2CCC3(CCC(=O)N(CC(=O)O)C3)CC2)o1. The Morgan fingerprint density at radius 3 is 2.65 bits per heavy atom. The standard InChI is InChI=1S/C20H30N2O4/c1-15(17-4-3-16(2)26-17)6-10-21-11-8-20(9-12-21)7-5-18(23)22(14-20)13-19(24)25/h3-4,15H,5-14H2,1-2H3,(H,24,25). The van der Waals surface area contributed by atoms with Crippen molar-refractivity contribution in [1.29, 1.82) is 0 Å². The number of amides is 1. The molecule has 0 aromatic carbocycles. The molecule has 2 saturated heterocycles. The summed E-state index contributed by atoms with van der Waals surface area (Å²) in [5.74, 6) is 1.51. The zero-order valence-electron chi connectivity index (χ0n) is 15.9. The summed E-state index contributed by atoms with van der Waals surface area (Å²) >= 11 is 0. The van der Waals surface area contributed by atoms with Crippen LogP contribution in [0.15, 0.2) is 16.5 Å². The molecule has 26 heavy (non-hydrogen) atoms. The number of likely N-dealkylation sites (tertiary alicyclic amines) is 2. The van der Waals surface area contributed by atoms with Gasteiger partial charge in [-0.2, -0.15) is 0 Å². The number of hydrogen-bond donors (Lipinski definition) is 1.